The SMILES string of the molecule is N#Cc1ccc(S(=O)(=O)CCC(F)F)cc1. The number of rotatable bonds is 4. The smallest absolute Gasteiger partial charge is 0.224 e. The molecule has 0 saturated carbocycles. The molecule has 0 aliphatic carbocycles. The number of alkyl halides is 2. The Morgan fingerprint density at radius 1 is 1.25 bits per heavy atom. The third-order valence-electron chi connectivity index (χ3n) is 1.95. The van der Waals surface area contributed by atoms with Crippen LogP contribution in [0.1, 0.15) is 12.0 Å². The highest BCUT2D eigenvalue weighted by molar-refractivity contribution is 7.91. The third-order valence-corrected chi connectivity index (χ3v) is 3.71. The van der Waals surface area contributed by atoms with Gasteiger partial charge in [-0.3, -0.25) is 0 Å². The zero-order valence-corrected chi connectivity index (χ0v) is 9.05. The molecule has 0 heterocycles. The summed E-state index contributed by atoms with van der Waals surface area (Å²) in [6, 6.07) is 7.02. The number of hydrogen-bond donors (Lipinski definition) is 0. The molecule has 1 rings (SSSR count). The fourth-order valence-electron chi connectivity index (χ4n) is 1.10. The van der Waals surface area contributed by atoms with Gasteiger partial charge in [-0.15, -0.1) is 0 Å². The van der Waals surface area contributed by atoms with Gasteiger partial charge in [-0.2, -0.15) is 5.26 Å². The van der Waals surface area contributed by atoms with Crippen LogP contribution in [-0.2, 0) is 9.84 Å². The van der Waals surface area contributed by atoms with Gasteiger partial charge < -0.3 is 0 Å². The molecular formula is C10H9F2NO2S. The van der Waals surface area contributed by atoms with Crippen molar-refractivity contribution in [3.05, 3.63) is 29.8 Å². The van der Waals surface area contributed by atoms with E-state index in [4.69, 9.17) is 5.26 Å². The highest BCUT2D eigenvalue weighted by Crippen LogP contribution is 2.14. The Balaban J connectivity index is 2.87. The summed E-state index contributed by atoms with van der Waals surface area (Å²) < 4.78 is 46.8. The molecule has 0 aromatic heterocycles. The van der Waals surface area contributed by atoms with Crippen LogP contribution in [0.15, 0.2) is 29.2 Å². The number of nitrogens with zero attached hydrogens (tertiary/aromatic N) is 1. The standard InChI is InChI=1S/C10H9F2NO2S/c11-10(12)5-6-16(14,15)9-3-1-8(7-13)2-4-9/h1-4,10H,5-6H2. The predicted molar refractivity (Wildman–Crippen MR) is 53.8 cm³/mol. The van der Waals surface area contributed by atoms with Gasteiger partial charge in [0.2, 0.25) is 6.43 Å². The highest BCUT2D eigenvalue weighted by Gasteiger charge is 2.16. The van der Waals surface area contributed by atoms with Crippen LogP contribution in [0.4, 0.5) is 8.78 Å². The Bertz CT molecular complexity index is 489. The van der Waals surface area contributed by atoms with E-state index in [2.05, 4.69) is 0 Å². The summed E-state index contributed by atoms with van der Waals surface area (Å²) in [7, 11) is -3.67. The normalized spacial score (nSPS) is 11.4. The van der Waals surface area contributed by atoms with Crippen LogP contribution in [0.25, 0.3) is 0 Å². The van der Waals surface area contributed by atoms with E-state index in [0.717, 1.165) is 0 Å². The molecule has 0 N–H and O–H groups in total. The van der Waals surface area contributed by atoms with Crippen LogP contribution in [0.3, 0.4) is 0 Å². The van der Waals surface area contributed by atoms with Gasteiger partial charge in [-0.1, -0.05) is 0 Å². The molecule has 0 radical (unpaired) electrons. The predicted octanol–water partition coefficient (Wildman–Crippen LogP) is 1.99. The molecule has 0 atom stereocenters. The number of benzene rings is 1. The summed E-state index contributed by atoms with van der Waals surface area (Å²) in [6.45, 7) is 0. The molecule has 0 aliphatic rings. The van der Waals surface area contributed by atoms with Crippen LogP contribution in [0.2, 0.25) is 0 Å². The summed E-state index contributed by atoms with van der Waals surface area (Å²) in [5, 5.41) is 8.51. The molecule has 3 nitrogen and oxygen atoms in total. The van der Waals surface area contributed by atoms with Crippen molar-refractivity contribution in [2.24, 2.45) is 0 Å². The molecule has 1 aromatic carbocycles. The number of hydrogen-bond acceptors (Lipinski definition) is 3. The Kier molecular flexibility index (Phi) is 3.96. The first kappa shape index (κ1) is 12.6. The third kappa shape index (κ3) is 3.28. The topological polar surface area (TPSA) is 57.9 Å². The minimum absolute atomic E-state index is 0.0350. The van der Waals surface area contributed by atoms with Gasteiger partial charge in [0.15, 0.2) is 9.84 Å². The molecule has 86 valence electrons. The van der Waals surface area contributed by atoms with Gasteiger partial charge in [-0.05, 0) is 24.3 Å². The van der Waals surface area contributed by atoms with Crippen molar-refractivity contribution < 1.29 is 17.2 Å². The minimum atomic E-state index is -3.67. The van der Waals surface area contributed by atoms with E-state index in [1.165, 1.54) is 24.3 Å². The van der Waals surface area contributed by atoms with E-state index < -0.39 is 28.4 Å². The monoisotopic (exact) mass is 245 g/mol. The van der Waals surface area contributed by atoms with Crippen molar-refractivity contribution in [1.82, 2.24) is 0 Å². The van der Waals surface area contributed by atoms with Gasteiger partial charge in [0.25, 0.3) is 0 Å². The highest BCUT2D eigenvalue weighted by atomic mass is 32.2. The zero-order chi connectivity index (χ0) is 12.2. The average molecular weight is 245 g/mol. The van der Waals surface area contributed by atoms with Crippen LogP contribution in [-0.4, -0.2) is 20.6 Å². The molecule has 0 bridgehead atoms. The van der Waals surface area contributed by atoms with Gasteiger partial charge >= 0.3 is 0 Å². The lowest BCUT2D eigenvalue weighted by Gasteiger charge is -2.03. The summed E-state index contributed by atoms with van der Waals surface area (Å²) in [5.74, 6) is -0.587. The maximum absolute atomic E-state index is 11.9. The first-order valence-corrected chi connectivity index (χ1v) is 6.12. The lowest BCUT2D eigenvalue weighted by atomic mass is 10.2. The Morgan fingerprint density at radius 3 is 2.25 bits per heavy atom. The van der Waals surface area contributed by atoms with Crippen LogP contribution >= 0.6 is 0 Å². The van der Waals surface area contributed by atoms with Crippen molar-refractivity contribution in [3.8, 4) is 6.07 Å². The lowest BCUT2D eigenvalue weighted by Crippen LogP contribution is -2.09. The second-order valence-electron chi connectivity index (χ2n) is 3.13. The fraction of sp³-hybridized carbons (Fsp3) is 0.300. The molecule has 16 heavy (non-hydrogen) atoms. The van der Waals surface area contributed by atoms with E-state index in [1.807, 2.05) is 6.07 Å². The second-order valence-corrected chi connectivity index (χ2v) is 5.24. The van der Waals surface area contributed by atoms with Crippen LogP contribution in [0.5, 0.6) is 0 Å². The Labute approximate surface area is 92.2 Å². The summed E-state index contributed by atoms with van der Waals surface area (Å²) >= 11 is 0. The molecule has 0 aliphatic heterocycles. The van der Waals surface area contributed by atoms with Gasteiger partial charge in [0.1, 0.15) is 0 Å². The number of nitriles is 1. The van der Waals surface area contributed by atoms with E-state index in [0.29, 0.717) is 5.56 Å². The minimum Gasteiger partial charge on any atom is -0.224 e. The maximum Gasteiger partial charge on any atom is 0.239 e. The van der Waals surface area contributed by atoms with Crippen molar-refractivity contribution in [1.29, 1.82) is 5.26 Å². The quantitative estimate of drug-likeness (QED) is 0.815. The summed E-state index contributed by atoms with van der Waals surface area (Å²) in [6.07, 6.45) is -3.31. The second kappa shape index (κ2) is 5.03. The van der Waals surface area contributed by atoms with Crippen LogP contribution < -0.4 is 0 Å². The fourth-order valence-corrected chi connectivity index (χ4v) is 2.37. The molecule has 1 aromatic rings. The molecule has 0 amide bonds. The summed E-state index contributed by atoms with van der Waals surface area (Å²) in [5.41, 5.74) is 0.327. The van der Waals surface area contributed by atoms with Crippen molar-refractivity contribution in [2.45, 2.75) is 17.7 Å². The first-order chi connectivity index (χ1) is 7.45. The first-order valence-electron chi connectivity index (χ1n) is 4.47. The summed E-state index contributed by atoms with van der Waals surface area (Å²) in [4.78, 5) is -0.0350. The van der Waals surface area contributed by atoms with Crippen molar-refractivity contribution in [3.63, 3.8) is 0 Å². The Hall–Kier alpha value is -1.48. The van der Waals surface area contributed by atoms with Gasteiger partial charge in [0, 0.05) is 6.42 Å². The zero-order valence-electron chi connectivity index (χ0n) is 8.23. The van der Waals surface area contributed by atoms with Gasteiger partial charge in [0.05, 0.1) is 22.3 Å². The van der Waals surface area contributed by atoms with Crippen LogP contribution in [0, 0.1) is 11.3 Å². The molecule has 0 unspecified atom stereocenters. The van der Waals surface area contributed by atoms with Crippen molar-refractivity contribution >= 4 is 9.84 Å². The largest absolute Gasteiger partial charge is 0.239 e. The van der Waals surface area contributed by atoms with E-state index >= 15 is 0 Å². The van der Waals surface area contributed by atoms with E-state index in [1.54, 1.807) is 0 Å². The van der Waals surface area contributed by atoms with E-state index in [-0.39, 0.29) is 4.90 Å². The molecule has 0 spiro atoms. The molecule has 6 heteroatoms. The van der Waals surface area contributed by atoms with Gasteiger partial charge in [-0.25, -0.2) is 17.2 Å². The molecular weight excluding hydrogens is 236 g/mol. The molecule has 0 fully saturated rings. The lowest BCUT2D eigenvalue weighted by molar-refractivity contribution is 0.145. The average Bonchev–Trinajstić information content (AvgIpc) is 2.27. The number of sulfone groups is 1. The van der Waals surface area contributed by atoms with Crippen molar-refractivity contribution in [2.75, 3.05) is 5.75 Å². The molecule has 0 saturated heterocycles. The van der Waals surface area contributed by atoms with E-state index in [9.17, 15) is 17.2 Å². The Morgan fingerprint density at radius 2 is 1.81 bits per heavy atom. The maximum atomic E-state index is 11.9. The number of halogens is 2.